The number of halogens is 1. The average Bonchev–Trinajstić information content (AvgIpc) is 3.24. The number of imidazole rings is 1. The van der Waals surface area contributed by atoms with Crippen molar-refractivity contribution in [3.63, 3.8) is 0 Å². The molecule has 5 atom stereocenters. The summed E-state index contributed by atoms with van der Waals surface area (Å²) in [5, 5.41) is 22.6. The molecule has 2 heterocycles. The van der Waals surface area contributed by atoms with Crippen LogP contribution in [0.1, 0.15) is 69.9 Å². The minimum atomic E-state index is -0.642. The fraction of sp³-hybridized carbons (Fsp3) is 0.609. The average molecular weight is 384 g/mol. The third-order valence-electron chi connectivity index (χ3n) is 7.82. The molecule has 1 aliphatic heterocycles. The van der Waals surface area contributed by atoms with Crippen molar-refractivity contribution in [3.05, 3.63) is 42.1 Å². The molecule has 5 rings (SSSR count). The Bertz CT molecular complexity index is 896. The van der Waals surface area contributed by atoms with E-state index in [-0.39, 0.29) is 17.3 Å². The van der Waals surface area contributed by atoms with Gasteiger partial charge in [-0.05, 0) is 55.9 Å². The second-order valence-corrected chi connectivity index (χ2v) is 9.44. The van der Waals surface area contributed by atoms with Crippen LogP contribution >= 0.6 is 0 Å². The first-order valence-corrected chi connectivity index (χ1v) is 10.7. The van der Waals surface area contributed by atoms with Gasteiger partial charge >= 0.3 is 0 Å². The van der Waals surface area contributed by atoms with E-state index in [1.165, 1.54) is 6.07 Å². The number of nitrogens with zero attached hydrogens (tertiary/aromatic N) is 2. The Hall–Kier alpha value is -1.72. The van der Waals surface area contributed by atoms with Crippen LogP contribution in [0, 0.1) is 17.2 Å². The Morgan fingerprint density at radius 1 is 1.36 bits per heavy atom. The standard InChI is InChI=1S/C23H29FN2O2/c1-2-22(10-15-5-4-8-23(28,11-15)13-22)20(27)9-18-21-16(6-3-7-17(21)24)19-12-25-14-26(18)19/h3,6-7,12,14-15,18,20,27-28H,2,4-5,8-11,13H2,1H3/t15?,18-,20-,22?,23?/m1/s1. The predicted molar refractivity (Wildman–Crippen MR) is 105 cm³/mol. The largest absolute Gasteiger partial charge is 0.392 e. The van der Waals surface area contributed by atoms with Gasteiger partial charge in [0.25, 0.3) is 0 Å². The van der Waals surface area contributed by atoms with E-state index in [2.05, 4.69) is 11.9 Å². The van der Waals surface area contributed by atoms with E-state index < -0.39 is 11.7 Å². The van der Waals surface area contributed by atoms with Crippen molar-refractivity contribution in [2.75, 3.05) is 0 Å². The van der Waals surface area contributed by atoms with Crippen LogP contribution in [0.25, 0.3) is 11.3 Å². The molecule has 2 fully saturated rings. The summed E-state index contributed by atoms with van der Waals surface area (Å²) in [6, 6.07) is 4.92. The first-order chi connectivity index (χ1) is 13.4. The van der Waals surface area contributed by atoms with Crippen LogP contribution in [0.2, 0.25) is 0 Å². The van der Waals surface area contributed by atoms with Gasteiger partial charge in [0.15, 0.2) is 0 Å². The van der Waals surface area contributed by atoms with Crippen LogP contribution in [-0.4, -0.2) is 31.5 Å². The van der Waals surface area contributed by atoms with Crippen molar-refractivity contribution in [2.24, 2.45) is 11.3 Å². The van der Waals surface area contributed by atoms with Crippen molar-refractivity contribution in [3.8, 4) is 11.3 Å². The molecule has 2 aliphatic carbocycles. The molecule has 1 aromatic carbocycles. The highest BCUT2D eigenvalue weighted by atomic mass is 19.1. The minimum absolute atomic E-state index is 0.219. The molecule has 2 bridgehead atoms. The zero-order valence-electron chi connectivity index (χ0n) is 16.4. The number of hydrogen-bond acceptors (Lipinski definition) is 3. The molecule has 3 unspecified atom stereocenters. The second kappa shape index (κ2) is 6.39. The van der Waals surface area contributed by atoms with Crippen molar-refractivity contribution < 1.29 is 14.6 Å². The summed E-state index contributed by atoms with van der Waals surface area (Å²) in [5.41, 5.74) is 1.51. The van der Waals surface area contributed by atoms with E-state index in [4.69, 9.17) is 0 Å². The lowest BCUT2D eigenvalue weighted by Crippen LogP contribution is -2.52. The van der Waals surface area contributed by atoms with E-state index in [1.807, 2.05) is 10.6 Å². The Morgan fingerprint density at radius 3 is 3.00 bits per heavy atom. The van der Waals surface area contributed by atoms with Crippen molar-refractivity contribution >= 4 is 0 Å². The molecule has 0 saturated heterocycles. The maximum absolute atomic E-state index is 14.7. The number of aromatic nitrogens is 2. The highest BCUT2D eigenvalue weighted by Gasteiger charge is 2.52. The van der Waals surface area contributed by atoms with Gasteiger partial charge < -0.3 is 14.8 Å². The minimum Gasteiger partial charge on any atom is -0.392 e. The summed E-state index contributed by atoms with van der Waals surface area (Å²) in [7, 11) is 0. The van der Waals surface area contributed by atoms with Gasteiger partial charge in [-0.3, -0.25) is 0 Å². The first kappa shape index (κ1) is 18.3. The summed E-state index contributed by atoms with van der Waals surface area (Å²) in [5.74, 6) is 0.265. The smallest absolute Gasteiger partial charge is 0.129 e. The highest BCUT2D eigenvalue weighted by Crippen LogP contribution is 2.55. The van der Waals surface area contributed by atoms with E-state index in [1.54, 1.807) is 18.6 Å². The van der Waals surface area contributed by atoms with E-state index >= 15 is 0 Å². The van der Waals surface area contributed by atoms with Crippen molar-refractivity contribution in [1.29, 1.82) is 0 Å². The lowest BCUT2D eigenvalue weighted by molar-refractivity contribution is -0.139. The molecule has 1 aromatic heterocycles. The molecule has 0 amide bonds. The Labute approximate surface area is 165 Å². The predicted octanol–water partition coefficient (Wildman–Crippen LogP) is 4.45. The molecular formula is C23H29FN2O2. The number of aliphatic hydroxyl groups excluding tert-OH is 1. The summed E-state index contributed by atoms with van der Waals surface area (Å²) >= 11 is 0. The molecule has 2 aromatic rings. The number of hydrogen-bond donors (Lipinski definition) is 2. The number of rotatable bonds is 4. The molecule has 28 heavy (non-hydrogen) atoms. The van der Waals surface area contributed by atoms with Crippen LogP contribution in [0.4, 0.5) is 4.39 Å². The monoisotopic (exact) mass is 384 g/mol. The number of benzene rings is 1. The van der Waals surface area contributed by atoms with Gasteiger partial charge in [-0.2, -0.15) is 0 Å². The number of aliphatic hydroxyl groups is 2. The van der Waals surface area contributed by atoms with Crippen molar-refractivity contribution in [1.82, 2.24) is 9.55 Å². The van der Waals surface area contributed by atoms with Crippen molar-refractivity contribution in [2.45, 2.75) is 76.0 Å². The fourth-order valence-corrected chi connectivity index (χ4v) is 6.55. The third kappa shape index (κ3) is 2.66. The lowest BCUT2D eigenvalue weighted by atomic mass is 9.55. The lowest BCUT2D eigenvalue weighted by Gasteiger charge is -2.53. The Balaban J connectivity index is 1.48. The van der Waals surface area contributed by atoms with Gasteiger partial charge in [0.2, 0.25) is 0 Å². The van der Waals surface area contributed by atoms with Gasteiger partial charge in [0.1, 0.15) is 5.82 Å². The zero-order chi connectivity index (χ0) is 19.5. The molecule has 0 radical (unpaired) electrons. The normalized spacial score (nSPS) is 34.7. The van der Waals surface area contributed by atoms with Gasteiger partial charge in [0.05, 0.1) is 36.0 Å². The summed E-state index contributed by atoms with van der Waals surface area (Å²) < 4.78 is 16.7. The molecule has 2 N–H and O–H groups in total. The Morgan fingerprint density at radius 2 is 2.21 bits per heavy atom. The van der Waals surface area contributed by atoms with Crippen LogP contribution in [0.15, 0.2) is 30.7 Å². The van der Waals surface area contributed by atoms with Crippen LogP contribution in [-0.2, 0) is 0 Å². The summed E-state index contributed by atoms with van der Waals surface area (Å²) in [4.78, 5) is 4.26. The second-order valence-electron chi connectivity index (χ2n) is 9.44. The Kier molecular flexibility index (Phi) is 4.18. The molecule has 4 nitrogen and oxygen atoms in total. The van der Waals surface area contributed by atoms with Gasteiger partial charge in [-0.15, -0.1) is 0 Å². The first-order valence-electron chi connectivity index (χ1n) is 10.7. The fourth-order valence-electron chi connectivity index (χ4n) is 6.55. The van der Waals surface area contributed by atoms with Gasteiger partial charge in [-0.25, -0.2) is 9.37 Å². The quantitative estimate of drug-likeness (QED) is 0.819. The maximum atomic E-state index is 14.7. The van der Waals surface area contributed by atoms with E-state index in [0.29, 0.717) is 24.3 Å². The molecule has 5 heteroatoms. The van der Waals surface area contributed by atoms with Gasteiger partial charge in [-0.1, -0.05) is 31.9 Å². The van der Waals surface area contributed by atoms with E-state index in [9.17, 15) is 14.6 Å². The SMILES string of the molecule is CCC1([C@H](O)C[C@@H]2c3c(F)cccc3-c3cncn32)CC2CCCC(O)(C2)C1. The maximum Gasteiger partial charge on any atom is 0.129 e. The highest BCUT2D eigenvalue weighted by molar-refractivity contribution is 5.69. The molecular weight excluding hydrogens is 355 g/mol. The topological polar surface area (TPSA) is 58.3 Å². The molecule has 3 aliphatic rings. The van der Waals surface area contributed by atoms with Gasteiger partial charge in [0, 0.05) is 11.1 Å². The van der Waals surface area contributed by atoms with Crippen LogP contribution in [0.3, 0.4) is 0 Å². The third-order valence-corrected chi connectivity index (χ3v) is 7.82. The number of fused-ring (bicyclic) bond motifs is 5. The molecule has 0 spiro atoms. The molecule has 150 valence electrons. The summed E-state index contributed by atoms with van der Waals surface area (Å²) in [6.07, 6.45) is 9.76. The van der Waals surface area contributed by atoms with Crippen LogP contribution < -0.4 is 0 Å². The van der Waals surface area contributed by atoms with Crippen LogP contribution in [0.5, 0.6) is 0 Å². The summed E-state index contributed by atoms with van der Waals surface area (Å²) in [6.45, 7) is 2.12. The van der Waals surface area contributed by atoms with E-state index in [0.717, 1.165) is 49.8 Å². The molecule has 2 saturated carbocycles. The zero-order valence-corrected chi connectivity index (χ0v) is 16.4.